The number of carbonyl (C=O) groups is 2. The van der Waals surface area contributed by atoms with Crippen molar-refractivity contribution in [3.05, 3.63) is 70.1 Å². The van der Waals surface area contributed by atoms with Crippen molar-refractivity contribution in [3.8, 4) is 0 Å². The predicted molar refractivity (Wildman–Crippen MR) is 127 cm³/mol. The zero-order valence-electron chi connectivity index (χ0n) is 17.2. The minimum atomic E-state index is -0.142. The van der Waals surface area contributed by atoms with Gasteiger partial charge in [-0.05, 0) is 25.0 Å². The third-order valence-electron chi connectivity index (χ3n) is 5.45. The van der Waals surface area contributed by atoms with E-state index in [4.69, 9.17) is 12.2 Å². The first-order valence-corrected chi connectivity index (χ1v) is 11.5. The van der Waals surface area contributed by atoms with Crippen molar-refractivity contribution in [1.29, 1.82) is 0 Å². The lowest BCUT2D eigenvalue weighted by molar-refractivity contribution is -0.122. The van der Waals surface area contributed by atoms with Crippen molar-refractivity contribution in [2.75, 3.05) is 11.4 Å². The molecular formula is C24H24N2O2S2. The molecule has 2 aliphatic heterocycles. The van der Waals surface area contributed by atoms with Crippen LogP contribution in [0.5, 0.6) is 0 Å². The highest BCUT2D eigenvalue weighted by molar-refractivity contribution is 8.26. The molecule has 2 aliphatic rings. The summed E-state index contributed by atoms with van der Waals surface area (Å²) in [5, 5.41) is 0. The first-order valence-electron chi connectivity index (χ1n) is 10.3. The Bertz CT molecular complexity index is 1040. The summed E-state index contributed by atoms with van der Waals surface area (Å²) in [6, 6.07) is 15.9. The smallest absolute Gasteiger partial charge is 0.267 e. The Kier molecular flexibility index (Phi) is 6.06. The fourth-order valence-electron chi connectivity index (χ4n) is 3.79. The summed E-state index contributed by atoms with van der Waals surface area (Å²) in [5.41, 5.74) is 4.36. The van der Waals surface area contributed by atoms with Crippen LogP contribution in [-0.2, 0) is 16.1 Å². The van der Waals surface area contributed by atoms with Gasteiger partial charge in [-0.15, -0.1) is 0 Å². The third-order valence-corrected chi connectivity index (χ3v) is 6.89. The highest BCUT2D eigenvalue weighted by Gasteiger charge is 2.41. The van der Waals surface area contributed by atoms with Crippen molar-refractivity contribution in [3.63, 3.8) is 0 Å². The molecule has 0 saturated carbocycles. The maximum Gasteiger partial charge on any atom is 0.267 e. The van der Waals surface area contributed by atoms with Gasteiger partial charge in [0.2, 0.25) is 0 Å². The number of hydrogen-bond donors (Lipinski definition) is 0. The Morgan fingerprint density at radius 3 is 2.40 bits per heavy atom. The first-order chi connectivity index (χ1) is 14.5. The van der Waals surface area contributed by atoms with Gasteiger partial charge < -0.3 is 4.90 Å². The number of rotatable bonds is 6. The van der Waals surface area contributed by atoms with Crippen molar-refractivity contribution in [2.24, 2.45) is 0 Å². The van der Waals surface area contributed by atoms with E-state index < -0.39 is 0 Å². The van der Waals surface area contributed by atoms with Crippen LogP contribution >= 0.6 is 24.0 Å². The fraction of sp³-hybridized carbons (Fsp3) is 0.292. The molecule has 4 nitrogen and oxygen atoms in total. The number of hydrogen-bond acceptors (Lipinski definition) is 4. The van der Waals surface area contributed by atoms with E-state index >= 15 is 0 Å². The summed E-state index contributed by atoms with van der Waals surface area (Å²) >= 11 is 6.73. The van der Waals surface area contributed by atoms with Crippen LogP contribution in [-0.4, -0.2) is 27.6 Å². The molecule has 6 heteroatoms. The van der Waals surface area contributed by atoms with E-state index in [-0.39, 0.29) is 11.8 Å². The quantitative estimate of drug-likeness (QED) is 0.350. The molecule has 0 atom stereocenters. The maximum absolute atomic E-state index is 13.5. The van der Waals surface area contributed by atoms with Crippen LogP contribution in [0.2, 0.25) is 0 Å². The standard InChI is InChI=1S/C24H24N2O2S2/c1-3-4-7-14-25-23(28)21(30-24(25)29)20-18-8-5-6-9-19(18)26(22(20)27)15-17-12-10-16(2)11-13-17/h5-6,8-13H,3-4,7,14-15H2,1-2H3. The molecule has 2 heterocycles. The van der Waals surface area contributed by atoms with Crippen LogP contribution in [0.1, 0.15) is 42.9 Å². The van der Waals surface area contributed by atoms with Crippen LogP contribution in [0.15, 0.2) is 53.4 Å². The van der Waals surface area contributed by atoms with Gasteiger partial charge in [-0.2, -0.15) is 0 Å². The van der Waals surface area contributed by atoms with Crippen molar-refractivity contribution in [2.45, 2.75) is 39.7 Å². The van der Waals surface area contributed by atoms with E-state index in [1.165, 1.54) is 17.3 Å². The SMILES string of the molecule is CCCCCN1C(=O)C(=C2C(=O)N(Cc3ccc(C)cc3)c3ccccc32)SC1=S. The minimum absolute atomic E-state index is 0.133. The molecule has 1 saturated heterocycles. The number of thioether (sulfide) groups is 1. The highest BCUT2D eigenvalue weighted by Crippen LogP contribution is 2.45. The van der Waals surface area contributed by atoms with Gasteiger partial charge in [0.1, 0.15) is 4.32 Å². The molecule has 2 aromatic carbocycles. The fourth-order valence-corrected chi connectivity index (χ4v) is 5.17. The van der Waals surface area contributed by atoms with Gasteiger partial charge in [-0.1, -0.05) is 91.8 Å². The number of nitrogens with zero attached hydrogens (tertiary/aromatic N) is 2. The van der Waals surface area contributed by atoms with E-state index in [1.54, 1.807) is 9.80 Å². The van der Waals surface area contributed by atoms with Gasteiger partial charge in [0.15, 0.2) is 0 Å². The molecule has 4 rings (SSSR count). The summed E-state index contributed by atoms with van der Waals surface area (Å²) in [4.78, 5) is 30.5. The van der Waals surface area contributed by atoms with E-state index in [0.717, 1.165) is 36.1 Å². The van der Waals surface area contributed by atoms with Gasteiger partial charge in [-0.3, -0.25) is 14.5 Å². The molecule has 0 N–H and O–H groups in total. The number of para-hydroxylation sites is 1. The Labute approximate surface area is 186 Å². The Hall–Kier alpha value is -2.44. The number of benzene rings is 2. The molecule has 2 amide bonds. The average Bonchev–Trinajstić information content (AvgIpc) is 3.17. The zero-order chi connectivity index (χ0) is 21.3. The van der Waals surface area contributed by atoms with Crippen molar-refractivity contribution in [1.82, 2.24) is 4.90 Å². The molecule has 0 spiro atoms. The Morgan fingerprint density at radius 1 is 0.933 bits per heavy atom. The summed E-state index contributed by atoms with van der Waals surface area (Å²) in [6.45, 7) is 5.25. The van der Waals surface area contributed by atoms with Crippen LogP contribution in [0, 0.1) is 6.92 Å². The molecule has 0 bridgehead atoms. The van der Waals surface area contributed by atoms with Crippen LogP contribution in [0.3, 0.4) is 0 Å². The zero-order valence-corrected chi connectivity index (χ0v) is 18.8. The summed E-state index contributed by atoms with van der Waals surface area (Å²) in [6.07, 6.45) is 3.04. The summed E-state index contributed by atoms with van der Waals surface area (Å²) in [7, 11) is 0. The highest BCUT2D eigenvalue weighted by atomic mass is 32.2. The second-order valence-electron chi connectivity index (χ2n) is 7.63. The number of amides is 2. The number of aryl methyl sites for hydroxylation is 1. The van der Waals surface area contributed by atoms with E-state index in [2.05, 4.69) is 6.92 Å². The molecule has 30 heavy (non-hydrogen) atoms. The first kappa shape index (κ1) is 20.8. The topological polar surface area (TPSA) is 40.6 Å². The van der Waals surface area contributed by atoms with Crippen molar-refractivity contribution >= 4 is 51.4 Å². The van der Waals surface area contributed by atoms with Gasteiger partial charge in [0.05, 0.1) is 22.7 Å². The average molecular weight is 437 g/mol. The molecule has 2 aromatic rings. The van der Waals surface area contributed by atoms with E-state index in [9.17, 15) is 9.59 Å². The molecule has 0 unspecified atom stereocenters. The van der Waals surface area contributed by atoms with Gasteiger partial charge >= 0.3 is 0 Å². The predicted octanol–water partition coefficient (Wildman–Crippen LogP) is 5.30. The van der Waals surface area contributed by atoms with Gasteiger partial charge in [0.25, 0.3) is 11.8 Å². The number of anilines is 1. The largest absolute Gasteiger partial charge is 0.303 e. The lowest BCUT2D eigenvalue weighted by Gasteiger charge is -2.17. The van der Waals surface area contributed by atoms with E-state index in [1.807, 2.05) is 55.5 Å². The van der Waals surface area contributed by atoms with Crippen molar-refractivity contribution < 1.29 is 9.59 Å². The summed E-state index contributed by atoms with van der Waals surface area (Å²) < 4.78 is 0.542. The van der Waals surface area contributed by atoms with Crippen LogP contribution in [0.4, 0.5) is 5.69 Å². The number of unbranched alkanes of at least 4 members (excludes halogenated alkanes) is 2. The third kappa shape index (κ3) is 3.82. The number of fused-ring (bicyclic) bond motifs is 1. The number of carbonyl (C=O) groups excluding carboxylic acids is 2. The van der Waals surface area contributed by atoms with Crippen LogP contribution in [0.25, 0.3) is 5.57 Å². The molecule has 0 aromatic heterocycles. The van der Waals surface area contributed by atoms with Gasteiger partial charge in [-0.25, -0.2) is 0 Å². The lowest BCUT2D eigenvalue weighted by atomic mass is 10.1. The molecular weight excluding hydrogens is 412 g/mol. The summed E-state index contributed by atoms with van der Waals surface area (Å²) in [5.74, 6) is -0.276. The molecule has 0 aliphatic carbocycles. The Morgan fingerprint density at radius 2 is 1.67 bits per heavy atom. The molecule has 1 fully saturated rings. The molecule has 0 radical (unpaired) electrons. The van der Waals surface area contributed by atoms with Gasteiger partial charge in [0, 0.05) is 12.1 Å². The lowest BCUT2D eigenvalue weighted by Crippen LogP contribution is -2.30. The number of thiocarbonyl (C=S) groups is 1. The second-order valence-corrected chi connectivity index (χ2v) is 9.27. The van der Waals surface area contributed by atoms with Crippen LogP contribution < -0.4 is 4.90 Å². The monoisotopic (exact) mass is 436 g/mol. The minimum Gasteiger partial charge on any atom is -0.303 e. The maximum atomic E-state index is 13.5. The second kappa shape index (κ2) is 8.74. The van der Waals surface area contributed by atoms with E-state index in [0.29, 0.717) is 27.9 Å². The normalized spacial score (nSPS) is 18.5. The Balaban J connectivity index is 1.69. The molecule has 154 valence electrons.